The minimum absolute atomic E-state index is 0.0301. The first kappa shape index (κ1) is 23.6. The number of pyridine rings is 2. The lowest BCUT2D eigenvalue weighted by Crippen LogP contribution is -2.23. The first-order valence-corrected chi connectivity index (χ1v) is 10.7. The zero-order valence-corrected chi connectivity index (χ0v) is 18.9. The summed E-state index contributed by atoms with van der Waals surface area (Å²) in [5.41, 5.74) is -0.0529. The van der Waals surface area contributed by atoms with Crippen molar-refractivity contribution >= 4 is 40.0 Å². The van der Waals surface area contributed by atoms with Gasteiger partial charge in [0.1, 0.15) is 17.5 Å². The summed E-state index contributed by atoms with van der Waals surface area (Å²) in [6, 6.07) is 12.5. The van der Waals surface area contributed by atoms with Gasteiger partial charge >= 0.3 is 6.03 Å². The van der Waals surface area contributed by atoms with Crippen LogP contribution in [-0.2, 0) is 11.3 Å². The van der Waals surface area contributed by atoms with E-state index in [9.17, 15) is 23.2 Å². The molecule has 0 spiro atoms. The summed E-state index contributed by atoms with van der Waals surface area (Å²) < 4.78 is 30.7. The summed E-state index contributed by atoms with van der Waals surface area (Å²) in [4.78, 5) is 41.1. The van der Waals surface area contributed by atoms with Gasteiger partial charge in [0.25, 0.3) is 5.56 Å². The van der Waals surface area contributed by atoms with Crippen LogP contribution in [0, 0.1) is 11.6 Å². The molecule has 4 rings (SSSR count). The van der Waals surface area contributed by atoms with Crippen LogP contribution in [0.5, 0.6) is 0 Å². The SMILES string of the molecule is CCn1c(=O)c(-c2cc(NC(=O)Nc3ccccc3)c(F)cc2F)cc2cnc(NC(C)=O)cc21. The summed E-state index contributed by atoms with van der Waals surface area (Å²) in [7, 11) is 0. The van der Waals surface area contributed by atoms with Crippen LogP contribution in [0.15, 0.2) is 65.6 Å². The van der Waals surface area contributed by atoms with Crippen LogP contribution in [-0.4, -0.2) is 21.5 Å². The molecule has 35 heavy (non-hydrogen) atoms. The van der Waals surface area contributed by atoms with Crippen LogP contribution >= 0.6 is 0 Å². The van der Waals surface area contributed by atoms with Crippen LogP contribution in [0.2, 0.25) is 0 Å². The number of aryl methyl sites for hydroxylation is 1. The Bertz CT molecular complexity index is 1500. The lowest BCUT2D eigenvalue weighted by Gasteiger charge is -2.14. The molecule has 2 aromatic carbocycles. The zero-order valence-electron chi connectivity index (χ0n) is 18.9. The molecule has 0 unspecified atom stereocenters. The number of hydrogen-bond donors (Lipinski definition) is 3. The summed E-state index contributed by atoms with van der Waals surface area (Å²) in [6.45, 7) is 3.33. The third-order valence-corrected chi connectivity index (χ3v) is 5.23. The van der Waals surface area contributed by atoms with Gasteiger partial charge in [0.2, 0.25) is 5.91 Å². The van der Waals surface area contributed by atoms with Crippen molar-refractivity contribution < 1.29 is 18.4 Å². The highest BCUT2D eigenvalue weighted by molar-refractivity contribution is 6.00. The average molecular weight is 477 g/mol. The monoisotopic (exact) mass is 477 g/mol. The molecule has 0 radical (unpaired) electrons. The first-order valence-electron chi connectivity index (χ1n) is 10.7. The molecule has 2 heterocycles. The first-order chi connectivity index (χ1) is 16.8. The van der Waals surface area contributed by atoms with Crippen molar-refractivity contribution in [3.8, 4) is 11.1 Å². The molecular formula is C25H21F2N5O3. The topological polar surface area (TPSA) is 105 Å². The summed E-state index contributed by atoms with van der Waals surface area (Å²) >= 11 is 0. The van der Waals surface area contributed by atoms with Gasteiger partial charge in [0.05, 0.1) is 16.8 Å². The minimum atomic E-state index is -0.993. The molecule has 178 valence electrons. The number of nitrogens with zero attached hydrogens (tertiary/aromatic N) is 2. The third-order valence-electron chi connectivity index (χ3n) is 5.23. The van der Waals surface area contributed by atoms with Gasteiger partial charge in [0, 0.05) is 48.4 Å². The number of rotatable bonds is 5. The zero-order chi connectivity index (χ0) is 25.1. The van der Waals surface area contributed by atoms with Crippen molar-refractivity contribution in [3.63, 3.8) is 0 Å². The highest BCUT2D eigenvalue weighted by Gasteiger charge is 2.18. The van der Waals surface area contributed by atoms with Gasteiger partial charge in [-0.2, -0.15) is 0 Å². The van der Waals surface area contributed by atoms with Crippen molar-refractivity contribution in [2.45, 2.75) is 20.4 Å². The number of carbonyl (C=O) groups excluding carboxylic acids is 2. The Morgan fingerprint density at radius 2 is 1.69 bits per heavy atom. The van der Waals surface area contributed by atoms with E-state index in [1.54, 1.807) is 43.3 Å². The number of urea groups is 1. The molecule has 2 aromatic heterocycles. The molecule has 10 heteroatoms. The van der Waals surface area contributed by atoms with Crippen molar-refractivity contribution in [1.29, 1.82) is 0 Å². The molecule has 8 nitrogen and oxygen atoms in total. The van der Waals surface area contributed by atoms with Gasteiger partial charge in [-0.15, -0.1) is 0 Å². The van der Waals surface area contributed by atoms with Gasteiger partial charge in [0.15, 0.2) is 0 Å². The maximum absolute atomic E-state index is 14.8. The molecule has 0 saturated carbocycles. The fourth-order valence-corrected chi connectivity index (χ4v) is 3.69. The van der Waals surface area contributed by atoms with E-state index in [2.05, 4.69) is 20.9 Å². The van der Waals surface area contributed by atoms with Gasteiger partial charge in [-0.25, -0.2) is 18.6 Å². The second kappa shape index (κ2) is 9.72. The second-order valence-electron chi connectivity index (χ2n) is 7.67. The normalized spacial score (nSPS) is 10.7. The van der Waals surface area contributed by atoms with Crippen LogP contribution in [0.1, 0.15) is 13.8 Å². The molecule has 0 saturated heterocycles. The van der Waals surface area contributed by atoms with Crippen LogP contribution in [0.3, 0.4) is 0 Å². The van der Waals surface area contributed by atoms with E-state index < -0.39 is 23.2 Å². The lowest BCUT2D eigenvalue weighted by atomic mass is 10.0. The van der Waals surface area contributed by atoms with E-state index in [1.807, 2.05) is 0 Å². The number of anilines is 3. The molecule has 0 aliphatic heterocycles. The van der Waals surface area contributed by atoms with Gasteiger partial charge in [-0.1, -0.05) is 18.2 Å². The fourth-order valence-electron chi connectivity index (χ4n) is 3.69. The van der Waals surface area contributed by atoms with Gasteiger partial charge < -0.3 is 20.5 Å². The Balaban J connectivity index is 1.76. The minimum Gasteiger partial charge on any atom is -0.311 e. The van der Waals surface area contributed by atoms with Gasteiger partial charge in [-0.3, -0.25) is 9.59 Å². The maximum atomic E-state index is 14.8. The van der Waals surface area contributed by atoms with E-state index in [-0.39, 0.29) is 35.1 Å². The number of benzene rings is 2. The molecule has 4 aromatic rings. The summed E-state index contributed by atoms with van der Waals surface area (Å²) in [5, 5.41) is 7.97. The Hall–Kier alpha value is -4.60. The molecule has 0 aliphatic carbocycles. The highest BCUT2D eigenvalue weighted by atomic mass is 19.1. The number of nitrogens with one attached hydrogen (secondary N) is 3. The number of carbonyl (C=O) groups is 2. The molecule has 0 atom stereocenters. The molecular weight excluding hydrogens is 456 g/mol. The highest BCUT2D eigenvalue weighted by Crippen LogP contribution is 2.29. The van der Waals surface area contributed by atoms with E-state index in [0.717, 1.165) is 6.07 Å². The van der Waals surface area contributed by atoms with Crippen molar-refractivity contribution in [2.24, 2.45) is 0 Å². The number of hydrogen-bond acceptors (Lipinski definition) is 4. The Morgan fingerprint density at radius 3 is 2.37 bits per heavy atom. The number of amides is 3. The Morgan fingerprint density at radius 1 is 0.943 bits per heavy atom. The summed E-state index contributed by atoms with van der Waals surface area (Å²) in [6.07, 6.45) is 1.45. The van der Waals surface area contributed by atoms with Crippen LogP contribution < -0.4 is 21.5 Å². The molecule has 0 bridgehead atoms. The van der Waals surface area contributed by atoms with Crippen molar-refractivity contribution in [3.05, 3.63) is 82.8 Å². The second-order valence-corrected chi connectivity index (χ2v) is 7.67. The smallest absolute Gasteiger partial charge is 0.311 e. The predicted molar refractivity (Wildman–Crippen MR) is 130 cm³/mol. The number of aromatic nitrogens is 2. The molecule has 3 N–H and O–H groups in total. The Kier molecular flexibility index (Phi) is 6.54. The van der Waals surface area contributed by atoms with Crippen LogP contribution in [0.25, 0.3) is 22.0 Å². The quantitative estimate of drug-likeness (QED) is 0.378. The van der Waals surface area contributed by atoms with E-state index in [0.29, 0.717) is 22.7 Å². The maximum Gasteiger partial charge on any atom is 0.323 e. The van der Waals surface area contributed by atoms with Crippen molar-refractivity contribution in [2.75, 3.05) is 16.0 Å². The van der Waals surface area contributed by atoms with Gasteiger partial charge in [-0.05, 0) is 31.2 Å². The lowest BCUT2D eigenvalue weighted by molar-refractivity contribution is -0.114. The number of fused-ring (bicyclic) bond motifs is 1. The molecule has 0 aliphatic rings. The predicted octanol–water partition coefficient (Wildman–Crippen LogP) is 4.96. The third kappa shape index (κ3) is 5.01. The van der Waals surface area contributed by atoms with Crippen molar-refractivity contribution in [1.82, 2.24) is 9.55 Å². The molecule has 0 fully saturated rings. The number of halogens is 2. The number of para-hydroxylation sites is 1. The summed E-state index contributed by atoms with van der Waals surface area (Å²) in [5.74, 6) is -2.00. The standard InChI is InChI=1S/C25H21F2N5O3/c1-3-32-22-12-23(29-14(2)33)28-13-15(22)9-18(24(32)34)17-10-21(20(27)11-19(17)26)31-25(35)30-16-7-5-4-6-8-16/h4-13H,3H2,1-2H3,(H,28,29,33)(H2,30,31,35). The van der Waals surface area contributed by atoms with E-state index in [4.69, 9.17) is 0 Å². The van der Waals surface area contributed by atoms with E-state index >= 15 is 0 Å². The average Bonchev–Trinajstić information content (AvgIpc) is 2.81. The fraction of sp³-hybridized carbons (Fsp3) is 0.120. The largest absolute Gasteiger partial charge is 0.323 e. The van der Waals surface area contributed by atoms with Crippen LogP contribution in [0.4, 0.5) is 30.8 Å². The molecule has 3 amide bonds. The Labute approximate surface area is 198 Å². The van der Waals surface area contributed by atoms with E-state index in [1.165, 1.54) is 23.8 Å².